The van der Waals surface area contributed by atoms with Crippen LogP contribution in [0, 0.1) is 5.82 Å². The molecule has 0 spiro atoms. The van der Waals surface area contributed by atoms with Gasteiger partial charge < -0.3 is 15.8 Å². The van der Waals surface area contributed by atoms with E-state index in [1.807, 2.05) is 24.3 Å². The number of nitrogens with two attached hydrogens (primary N) is 1. The average Bonchev–Trinajstić information content (AvgIpc) is 2.43. The molecule has 2 aromatic rings. The SMILES string of the molecule is COc1cccc(CCNc2cc(F)ccc2N)c1. The Labute approximate surface area is 112 Å². The highest BCUT2D eigenvalue weighted by atomic mass is 19.1. The Morgan fingerprint density at radius 1 is 1.21 bits per heavy atom. The van der Waals surface area contributed by atoms with Crippen LogP contribution in [0.4, 0.5) is 15.8 Å². The molecule has 19 heavy (non-hydrogen) atoms. The summed E-state index contributed by atoms with van der Waals surface area (Å²) >= 11 is 0. The van der Waals surface area contributed by atoms with Crippen molar-refractivity contribution in [2.45, 2.75) is 6.42 Å². The van der Waals surface area contributed by atoms with E-state index in [0.717, 1.165) is 17.7 Å². The summed E-state index contributed by atoms with van der Waals surface area (Å²) in [4.78, 5) is 0. The van der Waals surface area contributed by atoms with Crippen LogP contribution in [0.5, 0.6) is 5.75 Å². The largest absolute Gasteiger partial charge is 0.497 e. The van der Waals surface area contributed by atoms with Gasteiger partial charge in [-0.05, 0) is 42.3 Å². The van der Waals surface area contributed by atoms with E-state index in [4.69, 9.17) is 10.5 Å². The molecule has 0 aromatic heterocycles. The lowest BCUT2D eigenvalue weighted by molar-refractivity contribution is 0.414. The lowest BCUT2D eigenvalue weighted by atomic mass is 10.1. The number of ether oxygens (including phenoxy) is 1. The summed E-state index contributed by atoms with van der Waals surface area (Å²) in [6, 6.07) is 12.2. The molecule has 100 valence electrons. The first-order valence-electron chi connectivity index (χ1n) is 6.11. The van der Waals surface area contributed by atoms with Gasteiger partial charge in [0, 0.05) is 6.54 Å². The molecule has 4 heteroatoms. The molecule has 0 saturated heterocycles. The molecule has 0 aliphatic carbocycles. The molecule has 0 aliphatic rings. The number of hydrogen-bond donors (Lipinski definition) is 2. The summed E-state index contributed by atoms with van der Waals surface area (Å²) in [7, 11) is 1.64. The third-order valence-corrected chi connectivity index (χ3v) is 2.88. The molecule has 0 amide bonds. The highest BCUT2D eigenvalue weighted by Crippen LogP contribution is 2.19. The molecule has 0 fully saturated rings. The van der Waals surface area contributed by atoms with Crippen LogP contribution in [0.1, 0.15) is 5.56 Å². The maximum absolute atomic E-state index is 13.1. The molecule has 2 rings (SSSR count). The van der Waals surface area contributed by atoms with Gasteiger partial charge in [0.15, 0.2) is 0 Å². The van der Waals surface area contributed by atoms with Crippen LogP contribution >= 0.6 is 0 Å². The molecule has 3 nitrogen and oxygen atoms in total. The van der Waals surface area contributed by atoms with Crippen LogP contribution in [-0.4, -0.2) is 13.7 Å². The first-order valence-corrected chi connectivity index (χ1v) is 6.11. The van der Waals surface area contributed by atoms with Gasteiger partial charge in [-0.3, -0.25) is 0 Å². The maximum Gasteiger partial charge on any atom is 0.125 e. The fraction of sp³-hybridized carbons (Fsp3) is 0.200. The predicted octanol–water partition coefficient (Wildman–Crippen LogP) is 3.07. The van der Waals surface area contributed by atoms with Crippen LogP contribution in [0.2, 0.25) is 0 Å². The number of nitrogens with one attached hydrogen (secondary N) is 1. The van der Waals surface area contributed by atoms with Crippen LogP contribution in [-0.2, 0) is 6.42 Å². The van der Waals surface area contributed by atoms with Crippen molar-refractivity contribution in [3.8, 4) is 5.75 Å². The van der Waals surface area contributed by atoms with E-state index in [0.29, 0.717) is 17.9 Å². The minimum absolute atomic E-state index is 0.293. The van der Waals surface area contributed by atoms with E-state index in [9.17, 15) is 4.39 Å². The van der Waals surface area contributed by atoms with E-state index in [1.54, 1.807) is 13.2 Å². The zero-order chi connectivity index (χ0) is 13.7. The van der Waals surface area contributed by atoms with E-state index in [1.165, 1.54) is 12.1 Å². The number of methoxy groups -OCH3 is 1. The first-order chi connectivity index (χ1) is 9.19. The monoisotopic (exact) mass is 260 g/mol. The molecule has 0 radical (unpaired) electrons. The van der Waals surface area contributed by atoms with Gasteiger partial charge >= 0.3 is 0 Å². The predicted molar refractivity (Wildman–Crippen MR) is 76.0 cm³/mol. The smallest absolute Gasteiger partial charge is 0.125 e. The molecular weight excluding hydrogens is 243 g/mol. The van der Waals surface area contributed by atoms with Gasteiger partial charge in [0.1, 0.15) is 11.6 Å². The van der Waals surface area contributed by atoms with Gasteiger partial charge in [0.25, 0.3) is 0 Å². The van der Waals surface area contributed by atoms with Gasteiger partial charge in [-0.2, -0.15) is 0 Å². The Morgan fingerprint density at radius 3 is 2.84 bits per heavy atom. The van der Waals surface area contributed by atoms with Crippen molar-refractivity contribution in [3.05, 3.63) is 53.8 Å². The summed E-state index contributed by atoms with van der Waals surface area (Å²) in [5.74, 6) is 0.542. The lowest BCUT2D eigenvalue weighted by Crippen LogP contribution is -2.07. The van der Waals surface area contributed by atoms with E-state index < -0.39 is 0 Å². The fourth-order valence-corrected chi connectivity index (χ4v) is 1.85. The van der Waals surface area contributed by atoms with Crippen molar-refractivity contribution in [2.24, 2.45) is 0 Å². The summed E-state index contributed by atoms with van der Waals surface area (Å²) in [6.07, 6.45) is 0.813. The zero-order valence-electron chi connectivity index (χ0n) is 10.8. The molecule has 3 N–H and O–H groups in total. The molecule has 0 saturated carbocycles. The first kappa shape index (κ1) is 13.2. The minimum atomic E-state index is -0.293. The molecule has 0 atom stereocenters. The molecule has 0 unspecified atom stereocenters. The van der Waals surface area contributed by atoms with E-state index >= 15 is 0 Å². The van der Waals surface area contributed by atoms with Crippen molar-refractivity contribution in [2.75, 3.05) is 24.7 Å². The highest BCUT2D eigenvalue weighted by molar-refractivity contribution is 5.65. The van der Waals surface area contributed by atoms with Gasteiger partial charge in [-0.15, -0.1) is 0 Å². The maximum atomic E-state index is 13.1. The van der Waals surface area contributed by atoms with Crippen molar-refractivity contribution < 1.29 is 9.13 Å². The topological polar surface area (TPSA) is 47.3 Å². The second-order valence-electron chi connectivity index (χ2n) is 4.26. The van der Waals surface area contributed by atoms with E-state index in [-0.39, 0.29) is 5.82 Å². The molecule has 0 aliphatic heterocycles. The highest BCUT2D eigenvalue weighted by Gasteiger charge is 2.01. The van der Waals surface area contributed by atoms with Crippen molar-refractivity contribution in [3.63, 3.8) is 0 Å². The number of hydrogen-bond acceptors (Lipinski definition) is 3. The van der Waals surface area contributed by atoms with Gasteiger partial charge in [0.2, 0.25) is 0 Å². The fourth-order valence-electron chi connectivity index (χ4n) is 1.85. The normalized spacial score (nSPS) is 10.2. The van der Waals surface area contributed by atoms with Crippen LogP contribution in [0.25, 0.3) is 0 Å². The summed E-state index contributed by atoms with van der Waals surface area (Å²) < 4.78 is 18.2. The van der Waals surface area contributed by atoms with Crippen molar-refractivity contribution in [1.29, 1.82) is 0 Å². The Hall–Kier alpha value is -2.23. The van der Waals surface area contributed by atoms with Gasteiger partial charge in [0.05, 0.1) is 18.5 Å². The Kier molecular flexibility index (Phi) is 4.23. The molecular formula is C15H17FN2O. The minimum Gasteiger partial charge on any atom is -0.497 e. The van der Waals surface area contributed by atoms with Crippen LogP contribution in [0.3, 0.4) is 0 Å². The number of benzene rings is 2. The molecule has 2 aromatic carbocycles. The second kappa shape index (κ2) is 6.09. The third-order valence-electron chi connectivity index (χ3n) is 2.88. The number of halogens is 1. The number of nitrogen functional groups attached to an aromatic ring is 1. The van der Waals surface area contributed by atoms with Crippen LogP contribution in [0.15, 0.2) is 42.5 Å². The van der Waals surface area contributed by atoms with Gasteiger partial charge in [-0.25, -0.2) is 4.39 Å². The Morgan fingerprint density at radius 2 is 2.05 bits per heavy atom. The number of rotatable bonds is 5. The van der Waals surface area contributed by atoms with Crippen molar-refractivity contribution in [1.82, 2.24) is 0 Å². The summed E-state index contributed by atoms with van der Waals surface area (Å²) in [6.45, 7) is 0.681. The lowest BCUT2D eigenvalue weighted by Gasteiger charge is -2.10. The zero-order valence-corrected chi connectivity index (χ0v) is 10.8. The Balaban J connectivity index is 1.94. The molecule has 0 heterocycles. The molecule has 0 bridgehead atoms. The quantitative estimate of drug-likeness (QED) is 0.812. The number of anilines is 2. The Bertz CT molecular complexity index is 558. The standard InChI is InChI=1S/C15H17FN2O/c1-19-13-4-2-3-11(9-13)7-8-18-15-10-12(16)5-6-14(15)17/h2-6,9-10,18H,7-8,17H2,1H3. The van der Waals surface area contributed by atoms with Crippen LogP contribution < -0.4 is 15.8 Å². The van der Waals surface area contributed by atoms with Gasteiger partial charge in [-0.1, -0.05) is 12.1 Å². The summed E-state index contributed by atoms with van der Waals surface area (Å²) in [5.41, 5.74) is 8.10. The average molecular weight is 260 g/mol. The van der Waals surface area contributed by atoms with Crippen molar-refractivity contribution >= 4 is 11.4 Å². The summed E-state index contributed by atoms with van der Waals surface area (Å²) in [5, 5.41) is 3.13. The van der Waals surface area contributed by atoms with E-state index in [2.05, 4.69) is 5.32 Å². The second-order valence-corrected chi connectivity index (χ2v) is 4.26. The third kappa shape index (κ3) is 3.61.